The van der Waals surface area contributed by atoms with Crippen molar-refractivity contribution in [2.75, 3.05) is 13.1 Å². The van der Waals surface area contributed by atoms with Crippen LogP contribution in [0.1, 0.15) is 45.5 Å². The van der Waals surface area contributed by atoms with Crippen molar-refractivity contribution in [1.29, 1.82) is 0 Å². The smallest absolute Gasteiger partial charge is 0.410 e. The molecule has 3 heterocycles. The van der Waals surface area contributed by atoms with E-state index in [2.05, 4.69) is 30.5 Å². The zero-order chi connectivity index (χ0) is 21.5. The second-order valence-electron chi connectivity index (χ2n) is 8.48. The van der Waals surface area contributed by atoms with E-state index in [1.54, 1.807) is 11.1 Å². The molecule has 2 aromatic heterocycles. The molecule has 7 nitrogen and oxygen atoms in total. The summed E-state index contributed by atoms with van der Waals surface area (Å²) >= 11 is 3.55. The molecule has 1 saturated heterocycles. The topological polar surface area (TPSA) is 69.5 Å². The van der Waals surface area contributed by atoms with Gasteiger partial charge in [0.2, 0.25) is 0 Å². The summed E-state index contributed by atoms with van der Waals surface area (Å²) < 4.78 is 14.7. The Bertz CT molecular complexity index is 1060. The van der Waals surface area contributed by atoms with Crippen LogP contribution >= 0.6 is 15.9 Å². The summed E-state index contributed by atoms with van der Waals surface area (Å²) in [7, 11) is 0. The SMILES string of the molecule is C[C@@H](Oc1cc(Br)cc2ncn(C3CN(C(=O)OC(C)(C)C)C3)c12)c1ccccn1. The van der Waals surface area contributed by atoms with Crippen LogP contribution in [0.5, 0.6) is 5.75 Å². The van der Waals surface area contributed by atoms with Gasteiger partial charge in [-0.15, -0.1) is 0 Å². The van der Waals surface area contributed by atoms with Crippen LogP contribution in [0, 0.1) is 0 Å². The number of carbonyl (C=O) groups is 1. The lowest BCUT2D eigenvalue weighted by atomic mass is 10.1. The minimum absolute atomic E-state index is 0.121. The Kier molecular flexibility index (Phi) is 5.44. The molecule has 30 heavy (non-hydrogen) atoms. The standard InChI is InChI=1S/C22H25BrN4O3/c1-14(17-7-5-6-8-24-17)29-19-10-15(23)9-18-20(19)27(13-25-18)16-11-26(12-16)21(28)30-22(2,3)4/h5-10,13-14,16H,11-12H2,1-4H3/t14-/m1/s1. The molecule has 0 saturated carbocycles. The number of hydrogen-bond donors (Lipinski definition) is 0. The summed E-state index contributed by atoms with van der Waals surface area (Å²) in [5.74, 6) is 0.728. The minimum Gasteiger partial charge on any atom is -0.482 e. The van der Waals surface area contributed by atoms with Crippen LogP contribution in [0.2, 0.25) is 0 Å². The van der Waals surface area contributed by atoms with Crippen LogP contribution in [0.15, 0.2) is 47.3 Å². The predicted octanol–water partition coefficient (Wildman–Crippen LogP) is 5.13. The van der Waals surface area contributed by atoms with Gasteiger partial charge in [0.05, 0.1) is 23.6 Å². The highest BCUT2D eigenvalue weighted by atomic mass is 79.9. The molecule has 0 bridgehead atoms. The van der Waals surface area contributed by atoms with Gasteiger partial charge in [-0.25, -0.2) is 9.78 Å². The molecule has 0 aliphatic carbocycles. The number of imidazole rings is 1. The molecule has 4 rings (SSSR count). The summed E-state index contributed by atoms with van der Waals surface area (Å²) in [5.41, 5.74) is 2.10. The first-order chi connectivity index (χ1) is 14.2. The van der Waals surface area contributed by atoms with Crippen molar-refractivity contribution < 1.29 is 14.3 Å². The lowest BCUT2D eigenvalue weighted by Gasteiger charge is -2.40. The van der Waals surface area contributed by atoms with Gasteiger partial charge < -0.3 is 18.9 Å². The first-order valence-corrected chi connectivity index (χ1v) is 10.7. The Labute approximate surface area is 184 Å². The van der Waals surface area contributed by atoms with Crippen molar-refractivity contribution in [3.63, 3.8) is 0 Å². The van der Waals surface area contributed by atoms with Crippen molar-refractivity contribution in [3.8, 4) is 5.75 Å². The summed E-state index contributed by atoms with van der Waals surface area (Å²) in [6.45, 7) is 8.74. The van der Waals surface area contributed by atoms with E-state index in [0.717, 1.165) is 26.9 Å². The molecule has 1 amide bonds. The van der Waals surface area contributed by atoms with Gasteiger partial charge in [0.25, 0.3) is 0 Å². The third kappa shape index (κ3) is 4.28. The number of ether oxygens (including phenoxy) is 2. The number of rotatable bonds is 4. The molecule has 1 aliphatic heterocycles. The molecule has 1 aliphatic rings. The number of likely N-dealkylation sites (tertiary alicyclic amines) is 1. The molecule has 1 atom stereocenters. The fraction of sp³-hybridized carbons (Fsp3) is 0.409. The van der Waals surface area contributed by atoms with Crippen LogP contribution < -0.4 is 4.74 Å². The number of pyridine rings is 1. The third-order valence-corrected chi connectivity index (χ3v) is 5.37. The first kappa shape index (κ1) is 20.7. The normalized spacial score (nSPS) is 15.7. The molecule has 0 radical (unpaired) electrons. The van der Waals surface area contributed by atoms with Crippen molar-refractivity contribution >= 4 is 33.1 Å². The number of amides is 1. The maximum atomic E-state index is 12.3. The summed E-state index contributed by atoms with van der Waals surface area (Å²) in [6.07, 6.45) is 3.07. The van der Waals surface area contributed by atoms with Gasteiger partial charge in [0.1, 0.15) is 23.0 Å². The fourth-order valence-electron chi connectivity index (χ4n) is 3.44. The van der Waals surface area contributed by atoms with Gasteiger partial charge in [0.15, 0.2) is 0 Å². The van der Waals surface area contributed by atoms with Gasteiger partial charge in [-0.05, 0) is 52.0 Å². The Morgan fingerprint density at radius 2 is 2.00 bits per heavy atom. The van der Waals surface area contributed by atoms with Crippen molar-refractivity contribution in [2.24, 2.45) is 0 Å². The third-order valence-electron chi connectivity index (χ3n) is 4.91. The average molecular weight is 473 g/mol. The minimum atomic E-state index is -0.501. The molecule has 8 heteroatoms. The molecule has 1 fully saturated rings. The predicted molar refractivity (Wildman–Crippen MR) is 118 cm³/mol. The first-order valence-electron chi connectivity index (χ1n) is 9.93. The molecular formula is C22H25BrN4O3. The van der Waals surface area contributed by atoms with E-state index in [1.165, 1.54) is 0 Å². The van der Waals surface area contributed by atoms with Gasteiger partial charge in [0, 0.05) is 23.8 Å². The van der Waals surface area contributed by atoms with Crippen molar-refractivity contribution in [2.45, 2.75) is 45.4 Å². The van der Waals surface area contributed by atoms with E-state index in [0.29, 0.717) is 13.1 Å². The maximum Gasteiger partial charge on any atom is 0.410 e. The monoisotopic (exact) mass is 472 g/mol. The number of hydrogen-bond acceptors (Lipinski definition) is 5. The molecule has 0 spiro atoms. The highest BCUT2D eigenvalue weighted by Crippen LogP contribution is 2.36. The van der Waals surface area contributed by atoms with Crippen LogP contribution in [0.3, 0.4) is 0 Å². The number of fused-ring (bicyclic) bond motifs is 1. The highest BCUT2D eigenvalue weighted by Gasteiger charge is 2.36. The van der Waals surface area contributed by atoms with Crippen LogP contribution in [0.4, 0.5) is 4.79 Å². The van der Waals surface area contributed by atoms with Crippen LogP contribution in [0.25, 0.3) is 11.0 Å². The van der Waals surface area contributed by atoms with Gasteiger partial charge >= 0.3 is 6.09 Å². The number of aromatic nitrogens is 3. The zero-order valence-corrected chi connectivity index (χ0v) is 19.1. The Hall–Kier alpha value is -2.61. The Morgan fingerprint density at radius 3 is 2.67 bits per heavy atom. The molecule has 0 N–H and O–H groups in total. The van der Waals surface area contributed by atoms with Gasteiger partial charge in [-0.1, -0.05) is 22.0 Å². The van der Waals surface area contributed by atoms with E-state index in [-0.39, 0.29) is 18.2 Å². The molecule has 1 aromatic carbocycles. The van der Waals surface area contributed by atoms with E-state index in [9.17, 15) is 4.79 Å². The lowest BCUT2D eigenvalue weighted by molar-refractivity contribution is 0.00147. The quantitative estimate of drug-likeness (QED) is 0.526. The number of carbonyl (C=O) groups excluding carboxylic acids is 1. The Balaban J connectivity index is 1.57. The second kappa shape index (κ2) is 7.91. The van der Waals surface area contributed by atoms with Gasteiger partial charge in [-0.2, -0.15) is 0 Å². The van der Waals surface area contributed by atoms with Crippen molar-refractivity contribution in [1.82, 2.24) is 19.4 Å². The fourth-order valence-corrected chi connectivity index (χ4v) is 3.87. The molecule has 3 aromatic rings. The highest BCUT2D eigenvalue weighted by molar-refractivity contribution is 9.10. The van der Waals surface area contributed by atoms with Crippen LogP contribution in [-0.2, 0) is 4.74 Å². The number of benzene rings is 1. The second-order valence-corrected chi connectivity index (χ2v) is 9.39. The lowest BCUT2D eigenvalue weighted by Crippen LogP contribution is -2.52. The van der Waals surface area contributed by atoms with Crippen molar-refractivity contribution in [3.05, 3.63) is 53.0 Å². The van der Waals surface area contributed by atoms with E-state index in [4.69, 9.17) is 9.47 Å². The number of halogens is 1. The molecule has 158 valence electrons. The zero-order valence-electron chi connectivity index (χ0n) is 17.5. The summed E-state index contributed by atoms with van der Waals surface area (Å²) in [6, 6.07) is 9.81. The van der Waals surface area contributed by atoms with E-state index >= 15 is 0 Å². The summed E-state index contributed by atoms with van der Waals surface area (Å²) in [4.78, 5) is 22.9. The van der Waals surface area contributed by atoms with E-state index < -0.39 is 5.60 Å². The largest absolute Gasteiger partial charge is 0.482 e. The van der Waals surface area contributed by atoms with Gasteiger partial charge in [-0.3, -0.25) is 4.98 Å². The summed E-state index contributed by atoms with van der Waals surface area (Å²) in [5, 5.41) is 0. The maximum absolute atomic E-state index is 12.3. The Morgan fingerprint density at radius 1 is 1.23 bits per heavy atom. The molecular weight excluding hydrogens is 448 g/mol. The van der Waals surface area contributed by atoms with E-state index in [1.807, 2.05) is 64.4 Å². The average Bonchev–Trinajstić information content (AvgIpc) is 3.03. The number of nitrogens with zero attached hydrogens (tertiary/aromatic N) is 4. The van der Waals surface area contributed by atoms with Crippen LogP contribution in [-0.4, -0.2) is 44.2 Å². The molecule has 0 unspecified atom stereocenters.